The summed E-state index contributed by atoms with van der Waals surface area (Å²) in [5.74, 6) is 0. The van der Waals surface area contributed by atoms with Gasteiger partial charge in [-0.1, -0.05) is 6.08 Å². The van der Waals surface area contributed by atoms with E-state index in [9.17, 15) is 4.79 Å². The second-order valence-electron chi connectivity index (χ2n) is 3.68. The van der Waals surface area contributed by atoms with Crippen molar-refractivity contribution < 1.29 is 0 Å². The van der Waals surface area contributed by atoms with Gasteiger partial charge in [-0.25, -0.2) is 0 Å². The van der Waals surface area contributed by atoms with Crippen LogP contribution in [0.5, 0.6) is 0 Å². The first-order chi connectivity index (χ1) is 6.68. The molecule has 0 aromatic carbocycles. The molecule has 0 amide bonds. The van der Waals surface area contributed by atoms with Gasteiger partial charge in [-0.3, -0.25) is 4.79 Å². The second-order valence-corrected chi connectivity index (χ2v) is 3.68. The Bertz CT molecular complexity index is 431. The van der Waals surface area contributed by atoms with E-state index in [-0.39, 0.29) is 5.56 Å². The van der Waals surface area contributed by atoms with Gasteiger partial charge in [0.25, 0.3) is 5.56 Å². The van der Waals surface area contributed by atoms with Crippen molar-refractivity contribution in [3.8, 4) is 0 Å². The van der Waals surface area contributed by atoms with Crippen molar-refractivity contribution >= 4 is 5.70 Å². The first-order valence-corrected chi connectivity index (χ1v) is 4.80. The number of rotatable bonds is 1. The van der Waals surface area contributed by atoms with Crippen molar-refractivity contribution in [1.29, 1.82) is 0 Å². The van der Waals surface area contributed by atoms with Gasteiger partial charge in [0.15, 0.2) is 0 Å². The number of H-pyrrole nitrogens is 1. The number of hydrogen-bond acceptors (Lipinski definition) is 2. The van der Waals surface area contributed by atoms with Crippen molar-refractivity contribution in [2.75, 3.05) is 13.6 Å². The van der Waals surface area contributed by atoms with Crippen LogP contribution in [0.3, 0.4) is 0 Å². The number of pyridine rings is 1. The Morgan fingerprint density at radius 3 is 2.79 bits per heavy atom. The minimum absolute atomic E-state index is 0.00463. The average Bonchev–Trinajstić information content (AvgIpc) is 2.52. The first-order valence-electron chi connectivity index (χ1n) is 4.80. The fraction of sp³-hybridized carbons (Fsp3) is 0.364. The lowest BCUT2D eigenvalue weighted by molar-refractivity contribution is 0.516. The van der Waals surface area contributed by atoms with Gasteiger partial charge in [0, 0.05) is 25.0 Å². The van der Waals surface area contributed by atoms with E-state index in [1.165, 1.54) is 0 Å². The number of nitrogens with zero attached hydrogens (tertiary/aromatic N) is 1. The third-order valence-electron chi connectivity index (χ3n) is 2.54. The lowest BCUT2D eigenvalue weighted by Crippen LogP contribution is -2.19. The van der Waals surface area contributed by atoms with Crippen molar-refractivity contribution in [3.05, 3.63) is 39.8 Å². The molecule has 0 spiro atoms. The van der Waals surface area contributed by atoms with Gasteiger partial charge in [0.1, 0.15) is 0 Å². The Labute approximate surface area is 83.1 Å². The topological polar surface area (TPSA) is 36.1 Å². The van der Waals surface area contributed by atoms with Crippen molar-refractivity contribution in [2.45, 2.75) is 13.3 Å². The van der Waals surface area contributed by atoms with Crippen LogP contribution in [0.2, 0.25) is 0 Å². The molecule has 3 nitrogen and oxygen atoms in total. The predicted molar refractivity (Wildman–Crippen MR) is 57.0 cm³/mol. The molecule has 2 rings (SSSR count). The molecule has 0 saturated carbocycles. The maximum Gasteiger partial charge on any atom is 0.257 e. The largest absolute Gasteiger partial charge is 0.374 e. The second kappa shape index (κ2) is 3.33. The zero-order valence-electron chi connectivity index (χ0n) is 8.50. The van der Waals surface area contributed by atoms with Gasteiger partial charge in [0.05, 0.1) is 5.56 Å². The third kappa shape index (κ3) is 1.45. The molecular weight excluding hydrogens is 176 g/mol. The molecule has 1 N–H and O–H groups in total. The Morgan fingerprint density at radius 2 is 2.21 bits per heavy atom. The summed E-state index contributed by atoms with van der Waals surface area (Å²) in [5.41, 5.74) is 2.73. The molecule has 1 aliphatic heterocycles. The highest BCUT2D eigenvalue weighted by Gasteiger charge is 2.14. The Balaban J connectivity index is 2.47. The summed E-state index contributed by atoms with van der Waals surface area (Å²) in [5, 5.41) is 0. The highest BCUT2D eigenvalue weighted by atomic mass is 16.1. The molecule has 0 radical (unpaired) electrons. The molecule has 1 aromatic rings. The maximum absolute atomic E-state index is 11.6. The average molecular weight is 190 g/mol. The van der Waals surface area contributed by atoms with E-state index in [1.807, 2.05) is 26.1 Å². The van der Waals surface area contributed by atoms with E-state index in [1.54, 1.807) is 0 Å². The highest BCUT2D eigenvalue weighted by molar-refractivity contribution is 5.64. The van der Waals surface area contributed by atoms with Gasteiger partial charge < -0.3 is 9.88 Å². The van der Waals surface area contributed by atoms with E-state index in [4.69, 9.17) is 0 Å². The summed E-state index contributed by atoms with van der Waals surface area (Å²) < 4.78 is 0. The maximum atomic E-state index is 11.6. The fourth-order valence-corrected chi connectivity index (χ4v) is 1.76. The molecule has 0 atom stereocenters. The van der Waals surface area contributed by atoms with Gasteiger partial charge in [0.2, 0.25) is 0 Å². The SMILES string of the molecule is Cc1ccc(C2=CCCN2C)c(=O)[nH]1. The van der Waals surface area contributed by atoms with Crippen LogP contribution in [-0.2, 0) is 0 Å². The first kappa shape index (κ1) is 9.06. The van der Waals surface area contributed by atoms with Crippen molar-refractivity contribution in [3.63, 3.8) is 0 Å². The molecule has 0 saturated heterocycles. The molecule has 74 valence electrons. The molecule has 0 aliphatic carbocycles. The van der Waals surface area contributed by atoms with Crippen LogP contribution in [-0.4, -0.2) is 23.5 Å². The van der Waals surface area contributed by atoms with Gasteiger partial charge in [-0.2, -0.15) is 0 Å². The number of aromatic amines is 1. The molecule has 1 aromatic heterocycles. The standard InChI is InChI=1S/C11H14N2O/c1-8-5-6-9(11(14)12-8)10-4-3-7-13(10)2/h4-6H,3,7H2,1-2H3,(H,12,14). The van der Waals surface area contributed by atoms with Crippen LogP contribution < -0.4 is 5.56 Å². The molecule has 14 heavy (non-hydrogen) atoms. The van der Waals surface area contributed by atoms with Crippen LogP contribution >= 0.6 is 0 Å². The minimum Gasteiger partial charge on any atom is -0.374 e. The molecule has 3 heteroatoms. The van der Waals surface area contributed by atoms with E-state index >= 15 is 0 Å². The summed E-state index contributed by atoms with van der Waals surface area (Å²) in [6, 6.07) is 3.82. The molecule has 0 fully saturated rings. The van der Waals surface area contributed by atoms with E-state index in [0.29, 0.717) is 0 Å². The summed E-state index contributed by atoms with van der Waals surface area (Å²) in [6.07, 6.45) is 3.14. The lowest BCUT2D eigenvalue weighted by Gasteiger charge is -2.15. The van der Waals surface area contributed by atoms with Gasteiger partial charge in [-0.05, 0) is 25.5 Å². The molecule has 2 heterocycles. The summed E-state index contributed by atoms with van der Waals surface area (Å²) >= 11 is 0. The molecular formula is C11H14N2O. The smallest absolute Gasteiger partial charge is 0.257 e. The van der Waals surface area contributed by atoms with Crippen molar-refractivity contribution in [2.24, 2.45) is 0 Å². The summed E-state index contributed by atoms with van der Waals surface area (Å²) in [6.45, 7) is 2.89. The number of nitrogens with one attached hydrogen (secondary N) is 1. The van der Waals surface area contributed by atoms with Gasteiger partial charge in [-0.15, -0.1) is 0 Å². The van der Waals surface area contributed by atoms with Crippen LogP contribution in [0.15, 0.2) is 23.0 Å². The number of aryl methyl sites for hydroxylation is 1. The molecule has 0 unspecified atom stereocenters. The minimum atomic E-state index is 0.00463. The van der Waals surface area contributed by atoms with Crippen LogP contribution in [0, 0.1) is 6.92 Å². The number of aromatic nitrogens is 1. The van der Waals surface area contributed by atoms with Crippen LogP contribution in [0.4, 0.5) is 0 Å². The summed E-state index contributed by atoms with van der Waals surface area (Å²) in [7, 11) is 2.01. The Kier molecular flexibility index (Phi) is 2.15. The predicted octanol–water partition coefficient (Wildman–Crippen LogP) is 1.36. The lowest BCUT2D eigenvalue weighted by atomic mass is 10.2. The Morgan fingerprint density at radius 1 is 1.43 bits per heavy atom. The quantitative estimate of drug-likeness (QED) is 0.725. The zero-order valence-corrected chi connectivity index (χ0v) is 8.50. The van der Waals surface area contributed by atoms with Gasteiger partial charge >= 0.3 is 0 Å². The van der Waals surface area contributed by atoms with Crippen LogP contribution in [0.25, 0.3) is 5.70 Å². The highest BCUT2D eigenvalue weighted by Crippen LogP contribution is 2.20. The zero-order chi connectivity index (χ0) is 10.1. The third-order valence-corrected chi connectivity index (χ3v) is 2.54. The Hall–Kier alpha value is -1.51. The summed E-state index contributed by atoms with van der Waals surface area (Å²) in [4.78, 5) is 16.6. The van der Waals surface area contributed by atoms with Crippen LogP contribution in [0.1, 0.15) is 17.7 Å². The van der Waals surface area contributed by atoms with E-state index < -0.39 is 0 Å². The normalized spacial score (nSPS) is 15.9. The number of hydrogen-bond donors (Lipinski definition) is 1. The molecule has 0 bridgehead atoms. The van der Waals surface area contributed by atoms with E-state index in [2.05, 4.69) is 16.0 Å². The molecule has 1 aliphatic rings. The van der Waals surface area contributed by atoms with E-state index in [0.717, 1.165) is 29.9 Å². The monoisotopic (exact) mass is 190 g/mol. The van der Waals surface area contributed by atoms with Crippen molar-refractivity contribution in [1.82, 2.24) is 9.88 Å². The fourth-order valence-electron chi connectivity index (χ4n) is 1.76.